The Bertz CT molecular complexity index is 737. The monoisotopic (exact) mass is 413 g/mol. The van der Waals surface area contributed by atoms with Crippen molar-refractivity contribution in [2.75, 3.05) is 24.7 Å². The fraction of sp³-hybridized carbons (Fsp3) is 0.294. The third kappa shape index (κ3) is 2.06. The van der Waals surface area contributed by atoms with Gasteiger partial charge in [0.15, 0.2) is 11.6 Å². The molecule has 2 aromatic rings. The number of nitrogens with zero attached hydrogens (tertiary/aromatic N) is 1. The Labute approximate surface area is 141 Å². The molecule has 2 aliphatic heterocycles. The van der Waals surface area contributed by atoms with Crippen LogP contribution in [0.25, 0.3) is 0 Å². The first-order valence-corrected chi connectivity index (χ1v) is 8.48. The molecule has 2 atom stereocenters. The Morgan fingerprint density at radius 1 is 1.09 bits per heavy atom. The maximum atomic E-state index is 14.6. The number of morpholine rings is 1. The molecule has 2 nitrogen and oxygen atoms in total. The highest BCUT2D eigenvalue weighted by Crippen LogP contribution is 2.47. The van der Waals surface area contributed by atoms with Gasteiger partial charge in [-0.05, 0) is 23.3 Å². The van der Waals surface area contributed by atoms with E-state index in [2.05, 4.69) is 39.6 Å². The molecule has 5 heteroatoms. The average molecular weight is 413 g/mol. The minimum Gasteiger partial charge on any atom is -0.377 e. The van der Waals surface area contributed by atoms with Gasteiger partial charge in [-0.1, -0.05) is 46.9 Å². The van der Waals surface area contributed by atoms with E-state index in [0.29, 0.717) is 25.3 Å². The molecule has 2 aliphatic rings. The summed E-state index contributed by atoms with van der Waals surface area (Å²) in [5.41, 5.74) is 3.51. The van der Waals surface area contributed by atoms with Crippen molar-refractivity contribution in [2.45, 2.75) is 9.97 Å². The first-order valence-electron chi connectivity index (χ1n) is 7.23. The maximum Gasteiger partial charge on any atom is 0.164 e. The average Bonchev–Trinajstić information content (AvgIpc) is 2.66. The van der Waals surface area contributed by atoms with E-state index >= 15 is 0 Å². The molecule has 0 bridgehead atoms. The number of rotatable bonds is 0. The standard InChI is InChI=1S/C17H14F2INO/c18-12-6-5-11-15(16(12)19)14-9-22-8-7-21(14)13-4-2-1-3-10(13)17(11)20/h1-6,14,17H,7-9H2. The van der Waals surface area contributed by atoms with E-state index in [1.807, 2.05) is 12.1 Å². The van der Waals surface area contributed by atoms with Gasteiger partial charge >= 0.3 is 0 Å². The Morgan fingerprint density at radius 3 is 2.77 bits per heavy atom. The molecule has 0 aliphatic carbocycles. The number of hydrogen-bond acceptors (Lipinski definition) is 2. The van der Waals surface area contributed by atoms with Crippen molar-refractivity contribution in [1.82, 2.24) is 0 Å². The summed E-state index contributed by atoms with van der Waals surface area (Å²) in [5, 5.41) is 0. The van der Waals surface area contributed by atoms with Crippen LogP contribution in [0, 0.1) is 11.6 Å². The number of halogens is 3. The summed E-state index contributed by atoms with van der Waals surface area (Å²) in [6.07, 6.45) is 0. The predicted molar refractivity (Wildman–Crippen MR) is 89.6 cm³/mol. The minimum atomic E-state index is -0.793. The number of ether oxygens (including phenoxy) is 1. The van der Waals surface area contributed by atoms with Crippen LogP contribution in [0.3, 0.4) is 0 Å². The predicted octanol–water partition coefficient (Wildman–Crippen LogP) is 4.38. The van der Waals surface area contributed by atoms with E-state index in [4.69, 9.17) is 4.74 Å². The SMILES string of the molecule is Fc1ccc2c(c1F)C1COCCN1c1ccccc1C2I. The summed E-state index contributed by atoms with van der Waals surface area (Å²) < 4.78 is 33.9. The van der Waals surface area contributed by atoms with E-state index in [0.717, 1.165) is 16.8 Å². The normalized spacial score (nSPS) is 23.3. The van der Waals surface area contributed by atoms with Crippen LogP contribution >= 0.6 is 22.6 Å². The lowest BCUT2D eigenvalue weighted by molar-refractivity contribution is 0.0930. The smallest absolute Gasteiger partial charge is 0.164 e. The van der Waals surface area contributed by atoms with Gasteiger partial charge < -0.3 is 9.64 Å². The molecule has 2 aromatic carbocycles. The van der Waals surface area contributed by atoms with Crippen molar-refractivity contribution in [1.29, 1.82) is 0 Å². The highest BCUT2D eigenvalue weighted by atomic mass is 127. The zero-order valence-corrected chi connectivity index (χ0v) is 13.9. The van der Waals surface area contributed by atoms with Gasteiger partial charge in [-0.3, -0.25) is 0 Å². The van der Waals surface area contributed by atoms with Gasteiger partial charge in [0, 0.05) is 17.8 Å². The minimum absolute atomic E-state index is 0.00972. The largest absolute Gasteiger partial charge is 0.377 e. The lowest BCUT2D eigenvalue weighted by atomic mass is 9.96. The Morgan fingerprint density at radius 2 is 1.91 bits per heavy atom. The summed E-state index contributed by atoms with van der Waals surface area (Å²) in [5.74, 6) is -1.54. The summed E-state index contributed by atoms with van der Waals surface area (Å²) in [6, 6.07) is 10.8. The van der Waals surface area contributed by atoms with Gasteiger partial charge in [-0.15, -0.1) is 0 Å². The summed E-state index contributed by atoms with van der Waals surface area (Å²) in [6.45, 7) is 1.66. The van der Waals surface area contributed by atoms with Crippen molar-refractivity contribution < 1.29 is 13.5 Å². The number of fused-ring (bicyclic) bond motifs is 5. The van der Waals surface area contributed by atoms with Crippen molar-refractivity contribution in [3.63, 3.8) is 0 Å². The molecular formula is C17H14F2INO. The van der Waals surface area contributed by atoms with Crippen LogP contribution in [0.15, 0.2) is 36.4 Å². The Hall–Kier alpha value is -1.21. The van der Waals surface area contributed by atoms with Crippen LogP contribution in [-0.4, -0.2) is 19.8 Å². The van der Waals surface area contributed by atoms with Crippen LogP contribution in [0.1, 0.15) is 26.7 Å². The maximum absolute atomic E-state index is 14.6. The van der Waals surface area contributed by atoms with Gasteiger partial charge in [0.1, 0.15) is 0 Å². The van der Waals surface area contributed by atoms with E-state index < -0.39 is 11.6 Å². The Kier molecular flexibility index (Phi) is 3.57. The highest BCUT2D eigenvalue weighted by Gasteiger charge is 2.36. The molecule has 22 heavy (non-hydrogen) atoms. The van der Waals surface area contributed by atoms with E-state index in [9.17, 15) is 8.78 Å². The third-order valence-corrected chi connectivity index (χ3v) is 5.76. The van der Waals surface area contributed by atoms with Crippen molar-refractivity contribution >= 4 is 28.3 Å². The number of para-hydroxylation sites is 1. The number of anilines is 1. The molecule has 1 fully saturated rings. The summed E-state index contributed by atoms with van der Waals surface area (Å²) in [7, 11) is 0. The van der Waals surface area contributed by atoms with E-state index in [1.54, 1.807) is 6.07 Å². The summed E-state index contributed by atoms with van der Waals surface area (Å²) >= 11 is 2.31. The number of benzene rings is 2. The second-order valence-electron chi connectivity index (χ2n) is 5.57. The van der Waals surface area contributed by atoms with E-state index in [1.165, 1.54) is 6.07 Å². The van der Waals surface area contributed by atoms with Gasteiger partial charge in [0.05, 0.1) is 23.2 Å². The molecule has 114 valence electrons. The van der Waals surface area contributed by atoms with Crippen molar-refractivity contribution in [3.05, 3.63) is 64.7 Å². The zero-order valence-electron chi connectivity index (χ0n) is 11.7. The number of hydrogen-bond donors (Lipinski definition) is 0. The lowest BCUT2D eigenvalue weighted by Crippen LogP contribution is -2.40. The molecule has 0 radical (unpaired) electrons. The van der Waals surface area contributed by atoms with Gasteiger partial charge in [0.25, 0.3) is 0 Å². The van der Waals surface area contributed by atoms with Crippen LogP contribution in [0.5, 0.6) is 0 Å². The summed E-state index contributed by atoms with van der Waals surface area (Å²) in [4.78, 5) is 2.15. The first-order chi connectivity index (χ1) is 10.7. The highest BCUT2D eigenvalue weighted by molar-refractivity contribution is 14.1. The zero-order chi connectivity index (χ0) is 15.3. The molecule has 1 saturated heterocycles. The van der Waals surface area contributed by atoms with Crippen LogP contribution < -0.4 is 4.90 Å². The molecule has 4 rings (SSSR count). The van der Waals surface area contributed by atoms with Gasteiger partial charge in [-0.2, -0.15) is 0 Å². The fourth-order valence-corrected chi connectivity index (χ4v) is 4.47. The molecule has 2 unspecified atom stereocenters. The second kappa shape index (κ2) is 5.45. The molecular weight excluding hydrogens is 399 g/mol. The first kappa shape index (κ1) is 14.4. The van der Waals surface area contributed by atoms with E-state index in [-0.39, 0.29) is 9.97 Å². The van der Waals surface area contributed by atoms with Crippen molar-refractivity contribution in [2.24, 2.45) is 0 Å². The molecule has 0 saturated carbocycles. The fourth-order valence-electron chi connectivity index (χ4n) is 3.40. The second-order valence-corrected chi connectivity index (χ2v) is 6.82. The molecule has 0 spiro atoms. The molecule has 2 heterocycles. The van der Waals surface area contributed by atoms with Crippen molar-refractivity contribution in [3.8, 4) is 0 Å². The Balaban J connectivity index is 2.02. The molecule has 0 amide bonds. The number of alkyl halides is 1. The van der Waals surface area contributed by atoms with Crippen LogP contribution in [-0.2, 0) is 4.74 Å². The lowest BCUT2D eigenvalue weighted by Gasteiger charge is -2.37. The van der Waals surface area contributed by atoms with Crippen LogP contribution in [0.2, 0.25) is 0 Å². The van der Waals surface area contributed by atoms with Gasteiger partial charge in [-0.25, -0.2) is 8.78 Å². The van der Waals surface area contributed by atoms with Gasteiger partial charge in [0.2, 0.25) is 0 Å². The third-order valence-electron chi connectivity index (χ3n) is 4.42. The quantitative estimate of drug-likeness (QED) is 0.470. The molecule has 0 N–H and O–H groups in total. The molecule has 0 aromatic heterocycles. The van der Waals surface area contributed by atoms with Crippen LogP contribution in [0.4, 0.5) is 14.5 Å². The topological polar surface area (TPSA) is 12.5 Å².